The third-order valence-electron chi connectivity index (χ3n) is 9.39. The van der Waals surface area contributed by atoms with Crippen molar-refractivity contribution in [3.63, 3.8) is 0 Å². The molecule has 1 rings (SSSR count). The van der Waals surface area contributed by atoms with Gasteiger partial charge in [-0.3, -0.25) is 0 Å². The molecule has 0 saturated heterocycles. The number of H-pyrrole nitrogens is 1. The van der Waals surface area contributed by atoms with Crippen molar-refractivity contribution in [2.75, 3.05) is 0 Å². The van der Waals surface area contributed by atoms with Crippen molar-refractivity contribution in [3.8, 4) is 0 Å². The second-order valence-corrected chi connectivity index (χ2v) is 13.3. The predicted octanol–water partition coefficient (Wildman–Crippen LogP) is 13.3. The molecule has 0 aliphatic carbocycles. The van der Waals surface area contributed by atoms with Gasteiger partial charge in [-0.05, 0) is 32.6 Å². The van der Waals surface area contributed by atoms with Gasteiger partial charge < -0.3 is 0 Å². The first-order chi connectivity index (χ1) is 19.7. The van der Waals surface area contributed by atoms with Crippen LogP contribution in [0.5, 0.6) is 0 Å². The number of nitrogens with zero attached hydrogens (tertiary/aromatic N) is 1. The molecule has 0 fully saturated rings. The van der Waals surface area contributed by atoms with Gasteiger partial charge in [0.25, 0.3) is 5.82 Å². The fourth-order valence-corrected chi connectivity index (χ4v) is 6.60. The molecule has 1 aromatic rings. The lowest BCUT2D eigenvalue weighted by Gasteiger charge is -2.17. The topological polar surface area (TPSA) is 19.7 Å². The van der Waals surface area contributed by atoms with E-state index >= 15 is 0 Å². The summed E-state index contributed by atoms with van der Waals surface area (Å²) in [6, 6.07) is 0.621. The molecule has 0 spiro atoms. The zero-order chi connectivity index (χ0) is 28.9. The highest BCUT2D eigenvalue weighted by Crippen LogP contribution is 2.27. The van der Waals surface area contributed by atoms with E-state index in [0.717, 1.165) is 0 Å². The third kappa shape index (κ3) is 20.1. The summed E-state index contributed by atoms with van der Waals surface area (Å²) >= 11 is 0. The van der Waals surface area contributed by atoms with E-state index in [-0.39, 0.29) is 0 Å². The summed E-state index contributed by atoms with van der Waals surface area (Å²) in [6.07, 6.45) is 45.7. The zero-order valence-corrected chi connectivity index (χ0v) is 28.3. The summed E-state index contributed by atoms with van der Waals surface area (Å²) < 4.78 is 2.62. The molecule has 236 valence electrons. The van der Waals surface area contributed by atoms with E-state index in [2.05, 4.69) is 49.6 Å². The molecule has 0 saturated carbocycles. The van der Waals surface area contributed by atoms with E-state index in [1.54, 1.807) is 0 Å². The van der Waals surface area contributed by atoms with E-state index in [0.29, 0.717) is 12.0 Å². The monoisotopic (exact) mass is 560 g/mol. The molecular formula is C38H75N2+. The van der Waals surface area contributed by atoms with E-state index in [4.69, 9.17) is 0 Å². The van der Waals surface area contributed by atoms with Crippen molar-refractivity contribution in [2.24, 2.45) is 0 Å². The van der Waals surface area contributed by atoms with Crippen molar-refractivity contribution < 1.29 is 4.57 Å². The van der Waals surface area contributed by atoms with Crippen molar-refractivity contribution in [1.82, 2.24) is 4.98 Å². The molecule has 2 unspecified atom stereocenters. The average molecular weight is 560 g/mol. The lowest BCUT2D eigenvalue weighted by molar-refractivity contribution is -0.727. The standard InChI is InChI=1S/C38H74N2/c1-5-8-11-14-16-18-19-20-21-23-25-27-30-33-37(32-29-13-10-7-3)38-39-34-35-40(38)36(4)31-28-26-24-22-17-15-12-9-6-2/h34-37H,5-33H2,1-4H3/p+1. The van der Waals surface area contributed by atoms with E-state index in [1.165, 1.54) is 192 Å². The van der Waals surface area contributed by atoms with Crippen LogP contribution < -0.4 is 4.57 Å². The van der Waals surface area contributed by atoms with Crippen LogP contribution in [0.2, 0.25) is 0 Å². The molecule has 2 nitrogen and oxygen atoms in total. The van der Waals surface area contributed by atoms with Crippen molar-refractivity contribution in [3.05, 3.63) is 18.2 Å². The summed E-state index contributed by atoms with van der Waals surface area (Å²) in [5.41, 5.74) is 0. The van der Waals surface area contributed by atoms with Gasteiger partial charge in [0.2, 0.25) is 0 Å². The Morgan fingerprint density at radius 1 is 0.475 bits per heavy atom. The van der Waals surface area contributed by atoms with Gasteiger partial charge in [0, 0.05) is 0 Å². The van der Waals surface area contributed by atoms with Crippen molar-refractivity contribution in [2.45, 2.75) is 226 Å². The molecular weight excluding hydrogens is 484 g/mol. The number of hydrogen-bond donors (Lipinski definition) is 1. The van der Waals surface area contributed by atoms with Gasteiger partial charge in [-0.15, -0.1) is 0 Å². The van der Waals surface area contributed by atoms with Gasteiger partial charge in [0.1, 0.15) is 12.4 Å². The average Bonchev–Trinajstić information content (AvgIpc) is 3.45. The summed E-state index contributed by atoms with van der Waals surface area (Å²) in [7, 11) is 0. The number of aromatic amines is 1. The lowest BCUT2D eigenvalue weighted by Crippen LogP contribution is -2.41. The normalized spacial score (nSPS) is 13.2. The van der Waals surface area contributed by atoms with Crippen LogP contribution in [0.15, 0.2) is 12.4 Å². The number of unbranched alkanes of at least 4 members (excludes halogenated alkanes) is 23. The fourth-order valence-electron chi connectivity index (χ4n) is 6.60. The predicted molar refractivity (Wildman–Crippen MR) is 179 cm³/mol. The lowest BCUT2D eigenvalue weighted by atomic mass is 9.93. The van der Waals surface area contributed by atoms with Crippen LogP contribution >= 0.6 is 0 Å². The Bertz CT molecular complexity index is 621. The maximum absolute atomic E-state index is 3.72. The minimum absolute atomic E-state index is 0.621. The van der Waals surface area contributed by atoms with Crippen molar-refractivity contribution >= 4 is 0 Å². The molecule has 1 aromatic heterocycles. The van der Waals surface area contributed by atoms with Crippen LogP contribution in [0, 0.1) is 0 Å². The maximum atomic E-state index is 3.72. The van der Waals surface area contributed by atoms with Crippen LogP contribution in [0.25, 0.3) is 0 Å². The minimum atomic E-state index is 0.621. The number of hydrogen-bond acceptors (Lipinski definition) is 0. The molecule has 1 heterocycles. The van der Waals surface area contributed by atoms with Crippen LogP contribution in [0.1, 0.15) is 232 Å². The second kappa shape index (κ2) is 28.3. The quantitative estimate of drug-likeness (QED) is 0.0689. The van der Waals surface area contributed by atoms with Gasteiger partial charge in [-0.1, -0.05) is 181 Å². The van der Waals surface area contributed by atoms with Crippen LogP contribution in [-0.2, 0) is 0 Å². The number of nitrogens with one attached hydrogen (secondary N) is 1. The Hall–Kier alpha value is -0.790. The first-order valence-electron chi connectivity index (χ1n) is 18.8. The number of aromatic nitrogens is 2. The maximum Gasteiger partial charge on any atom is 0.257 e. The van der Waals surface area contributed by atoms with E-state index < -0.39 is 0 Å². The van der Waals surface area contributed by atoms with Gasteiger partial charge in [0.05, 0.1) is 12.0 Å². The van der Waals surface area contributed by atoms with Gasteiger partial charge >= 0.3 is 0 Å². The van der Waals surface area contributed by atoms with Crippen molar-refractivity contribution in [1.29, 1.82) is 0 Å². The summed E-state index contributed by atoms with van der Waals surface area (Å²) in [5, 5.41) is 0. The summed E-state index contributed by atoms with van der Waals surface area (Å²) in [6.45, 7) is 9.41. The van der Waals surface area contributed by atoms with E-state index in [9.17, 15) is 0 Å². The van der Waals surface area contributed by atoms with Crippen LogP contribution in [0.3, 0.4) is 0 Å². The molecule has 1 N–H and O–H groups in total. The SMILES string of the molecule is CCCCCCCCCCCCCCCC(CCCCCC)c1[nH]cc[n+]1C(C)CCCCCCCCCCC. The Morgan fingerprint density at radius 3 is 1.20 bits per heavy atom. The number of imidazole rings is 1. The van der Waals surface area contributed by atoms with Gasteiger partial charge in [-0.25, -0.2) is 9.55 Å². The molecule has 2 atom stereocenters. The molecule has 0 aliphatic heterocycles. The Kier molecular flexibility index (Phi) is 26.4. The Balaban J connectivity index is 2.32. The molecule has 0 amide bonds. The molecule has 0 aromatic carbocycles. The zero-order valence-electron chi connectivity index (χ0n) is 28.3. The molecule has 2 heteroatoms. The Morgan fingerprint density at radius 2 is 0.800 bits per heavy atom. The Labute approximate surface area is 253 Å². The molecule has 0 radical (unpaired) electrons. The van der Waals surface area contributed by atoms with Gasteiger partial charge in [0.15, 0.2) is 0 Å². The number of rotatable bonds is 31. The molecule has 40 heavy (non-hydrogen) atoms. The second-order valence-electron chi connectivity index (χ2n) is 13.3. The molecule has 0 bridgehead atoms. The highest BCUT2D eigenvalue weighted by Gasteiger charge is 2.25. The minimum Gasteiger partial charge on any atom is -0.247 e. The third-order valence-corrected chi connectivity index (χ3v) is 9.39. The smallest absolute Gasteiger partial charge is 0.247 e. The highest BCUT2D eigenvalue weighted by molar-refractivity contribution is 4.90. The first-order valence-corrected chi connectivity index (χ1v) is 18.8. The van der Waals surface area contributed by atoms with Crippen LogP contribution in [-0.4, -0.2) is 4.98 Å². The fraction of sp³-hybridized carbons (Fsp3) is 0.921. The summed E-state index contributed by atoms with van der Waals surface area (Å²) in [5.74, 6) is 2.24. The summed E-state index contributed by atoms with van der Waals surface area (Å²) in [4.78, 5) is 3.72. The van der Waals surface area contributed by atoms with E-state index in [1.807, 2.05) is 0 Å². The van der Waals surface area contributed by atoms with Gasteiger partial charge in [-0.2, -0.15) is 0 Å². The molecule has 0 aliphatic rings. The largest absolute Gasteiger partial charge is 0.257 e. The highest BCUT2D eigenvalue weighted by atomic mass is 15.1. The van der Waals surface area contributed by atoms with Crippen LogP contribution in [0.4, 0.5) is 0 Å². The first kappa shape index (κ1) is 37.2.